The molecule has 0 unspecified atom stereocenters. The normalized spacial score (nSPS) is 13.2. The maximum absolute atomic E-state index is 5.79. The third-order valence-corrected chi connectivity index (χ3v) is 1.74. The monoisotopic (exact) mass is 169 g/mol. The van der Waals surface area contributed by atoms with Gasteiger partial charge < -0.3 is 11.5 Å². The Labute approximate surface area is 71.8 Å². The van der Waals surface area contributed by atoms with Crippen molar-refractivity contribution in [2.24, 2.45) is 12.8 Å². The number of nitrogen functional groups attached to an aromatic ring is 1. The van der Waals surface area contributed by atoms with Gasteiger partial charge in [-0.2, -0.15) is 10.1 Å². The number of anilines is 1. The number of nitrogens with two attached hydrogens (primary N) is 2. The van der Waals surface area contributed by atoms with E-state index in [4.69, 9.17) is 11.5 Å². The van der Waals surface area contributed by atoms with Gasteiger partial charge in [-0.05, 0) is 6.42 Å². The van der Waals surface area contributed by atoms with Gasteiger partial charge in [-0.15, -0.1) is 0 Å². The third kappa shape index (κ3) is 1.73. The topological polar surface area (TPSA) is 82.7 Å². The van der Waals surface area contributed by atoms with Crippen LogP contribution in [0.1, 0.15) is 31.6 Å². The molecule has 12 heavy (non-hydrogen) atoms. The first-order valence-corrected chi connectivity index (χ1v) is 4.07. The summed E-state index contributed by atoms with van der Waals surface area (Å²) in [7, 11) is 1.75. The summed E-state index contributed by atoms with van der Waals surface area (Å²) in [5.74, 6) is 1.05. The molecule has 0 aliphatic heterocycles. The molecule has 0 radical (unpaired) electrons. The van der Waals surface area contributed by atoms with Gasteiger partial charge in [-0.3, -0.25) is 0 Å². The zero-order valence-electron chi connectivity index (χ0n) is 7.49. The molecule has 1 rings (SSSR count). The van der Waals surface area contributed by atoms with E-state index in [1.54, 1.807) is 7.05 Å². The molecule has 0 saturated carbocycles. The molecule has 5 nitrogen and oxygen atoms in total. The second-order valence-electron chi connectivity index (χ2n) is 2.85. The maximum Gasteiger partial charge on any atom is 0.218 e. The number of aromatic nitrogens is 3. The van der Waals surface area contributed by atoms with E-state index in [0.717, 1.165) is 12.8 Å². The molecule has 0 aromatic carbocycles. The van der Waals surface area contributed by atoms with E-state index in [0.29, 0.717) is 11.8 Å². The van der Waals surface area contributed by atoms with Crippen molar-refractivity contribution < 1.29 is 0 Å². The van der Waals surface area contributed by atoms with Crippen LogP contribution in [0.4, 0.5) is 5.95 Å². The van der Waals surface area contributed by atoms with Crippen molar-refractivity contribution in [3.8, 4) is 0 Å². The highest BCUT2D eigenvalue weighted by atomic mass is 15.4. The Bertz CT molecular complexity index is 235. The second kappa shape index (κ2) is 3.53. The Hall–Kier alpha value is -1.10. The van der Waals surface area contributed by atoms with Crippen LogP contribution in [0.3, 0.4) is 0 Å². The summed E-state index contributed by atoms with van der Waals surface area (Å²) in [4.78, 5) is 4.03. The number of hydrogen-bond donors (Lipinski definition) is 2. The Morgan fingerprint density at radius 3 is 2.67 bits per heavy atom. The lowest BCUT2D eigenvalue weighted by molar-refractivity contribution is 0.593. The number of nitrogens with zero attached hydrogens (tertiary/aromatic N) is 3. The molecule has 0 spiro atoms. The lowest BCUT2D eigenvalue weighted by Gasteiger charge is -2.03. The molecule has 1 aromatic rings. The van der Waals surface area contributed by atoms with Gasteiger partial charge in [0.1, 0.15) is 0 Å². The minimum Gasteiger partial charge on any atom is -0.368 e. The van der Waals surface area contributed by atoms with Crippen molar-refractivity contribution in [2.45, 2.75) is 25.8 Å². The fourth-order valence-corrected chi connectivity index (χ4v) is 1.01. The minimum atomic E-state index is -0.0847. The van der Waals surface area contributed by atoms with Crippen molar-refractivity contribution in [3.05, 3.63) is 5.82 Å². The number of aryl methyl sites for hydroxylation is 1. The van der Waals surface area contributed by atoms with Crippen LogP contribution in [-0.2, 0) is 7.05 Å². The molecule has 5 heteroatoms. The first kappa shape index (κ1) is 8.99. The Balaban J connectivity index is 2.74. The van der Waals surface area contributed by atoms with Gasteiger partial charge in [0.25, 0.3) is 0 Å². The first-order valence-electron chi connectivity index (χ1n) is 4.07. The smallest absolute Gasteiger partial charge is 0.218 e. The average molecular weight is 169 g/mol. The second-order valence-corrected chi connectivity index (χ2v) is 2.85. The fraction of sp³-hybridized carbons (Fsp3) is 0.714. The molecular formula is C7H15N5. The summed E-state index contributed by atoms with van der Waals surface area (Å²) >= 11 is 0. The molecule has 0 aliphatic rings. The molecule has 0 amide bonds. The van der Waals surface area contributed by atoms with Crippen molar-refractivity contribution >= 4 is 5.95 Å². The molecule has 68 valence electrons. The lowest BCUT2D eigenvalue weighted by Crippen LogP contribution is -2.11. The molecule has 0 aliphatic carbocycles. The van der Waals surface area contributed by atoms with Gasteiger partial charge in [-0.25, -0.2) is 4.68 Å². The van der Waals surface area contributed by atoms with Gasteiger partial charge in [0.05, 0.1) is 6.04 Å². The zero-order chi connectivity index (χ0) is 9.14. The molecule has 0 saturated heterocycles. The standard InChI is InChI=1S/C7H15N5/c1-3-4-5(8)6-10-7(9)12(2)11-6/h5H,3-4,8H2,1-2H3,(H2,9,10,11)/t5-/m1/s1. The van der Waals surface area contributed by atoms with Gasteiger partial charge in [0.2, 0.25) is 5.95 Å². The molecule has 1 heterocycles. The first-order chi connectivity index (χ1) is 5.65. The highest BCUT2D eigenvalue weighted by Gasteiger charge is 2.11. The molecule has 0 fully saturated rings. The minimum absolute atomic E-state index is 0.0847. The van der Waals surface area contributed by atoms with Gasteiger partial charge >= 0.3 is 0 Å². The van der Waals surface area contributed by atoms with E-state index in [2.05, 4.69) is 17.0 Å². The van der Waals surface area contributed by atoms with E-state index in [1.807, 2.05) is 0 Å². The molecule has 0 bridgehead atoms. The Kier molecular flexibility index (Phi) is 2.65. The van der Waals surface area contributed by atoms with Gasteiger partial charge in [0, 0.05) is 7.05 Å². The Morgan fingerprint density at radius 2 is 2.25 bits per heavy atom. The average Bonchev–Trinajstić information content (AvgIpc) is 2.33. The van der Waals surface area contributed by atoms with Gasteiger partial charge in [-0.1, -0.05) is 13.3 Å². The van der Waals surface area contributed by atoms with Crippen LogP contribution >= 0.6 is 0 Å². The van der Waals surface area contributed by atoms with Crippen molar-refractivity contribution in [3.63, 3.8) is 0 Å². The zero-order valence-corrected chi connectivity index (χ0v) is 7.49. The van der Waals surface area contributed by atoms with E-state index in [1.165, 1.54) is 4.68 Å². The summed E-state index contributed by atoms with van der Waals surface area (Å²) < 4.78 is 1.53. The van der Waals surface area contributed by atoms with Gasteiger partial charge in [0.15, 0.2) is 5.82 Å². The summed E-state index contributed by atoms with van der Waals surface area (Å²) in [6.45, 7) is 2.08. The van der Waals surface area contributed by atoms with Crippen LogP contribution in [0.15, 0.2) is 0 Å². The summed E-state index contributed by atoms with van der Waals surface area (Å²) in [5, 5.41) is 4.08. The van der Waals surface area contributed by atoms with Crippen LogP contribution in [0.5, 0.6) is 0 Å². The maximum atomic E-state index is 5.79. The predicted octanol–water partition coefficient (Wildman–Crippen LogP) is 0.197. The highest BCUT2D eigenvalue weighted by molar-refractivity contribution is 5.16. The van der Waals surface area contributed by atoms with E-state index >= 15 is 0 Å². The third-order valence-electron chi connectivity index (χ3n) is 1.74. The largest absolute Gasteiger partial charge is 0.368 e. The predicted molar refractivity (Wildman–Crippen MR) is 47.3 cm³/mol. The van der Waals surface area contributed by atoms with E-state index in [9.17, 15) is 0 Å². The molecular weight excluding hydrogens is 154 g/mol. The quantitative estimate of drug-likeness (QED) is 0.677. The molecule has 4 N–H and O–H groups in total. The number of rotatable bonds is 3. The number of hydrogen-bond acceptors (Lipinski definition) is 4. The van der Waals surface area contributed by atoms with Crippen LogP contribution < -0.4 is 11.5 Å². The SMILES string of the molecule is CCC[C@@H](N)c1nc(N)n(C)n1. The summed E-state index contributed by atoms with van der Waals surface area (Å²) in [5.41, 5.74) is 11.3. The lowest BCUT2D eigenvalue weighted by atomic mass is 10.2. The molecule has 1 atom stereocenters. The summed E-state index contributed by atoms with van der Waals surface area (Å²) in [6, 6.07) is -0.0847. The summed E-state index contributed by atoms with van der Waals surface area (Å²) in [6.07, 6.45) is 1.92. The molecule has 1 aromatic heterocycles. The van der Waals surface area contributed by atoms with Crippen LogP contribution in [0, 0.1) is 0 Å². The van der Waals surface area contributed by atoms with E-state index < -0.39 is 0 Å². The van der Waals surface area contributed by atoms with E-state index in [-0.39, 0.29) is 6.04 Å². The van der Waals surface area contributed by atoms with Crippen molar-refractivity contribution in [2.75, 3.05) is 5.73 Å². The van der Waals surface area contributed by atoms with Crippen molar-refractivity contribution in [1.82, 2.24) is 14.8 Å². The van der Waals surface area contributed by atoms with Crippen LogP contribution in [0.25, 0.3) is 0 Å². The van der Waals surface area contributed by atoms with Crippen LogP contribution in [0.2, 0.25) is 0 Å². The fourth-order valence-electron chi connectivity index (χ4n) is 1.01. The highest BCUT2D eigenvalue weighted by Crippen LogP contribution is 2.11. The van der Waals surface area contributed by atoms with Crippen LogP contribution in [-0.4, -0.2) is 14.8 Å². The van der Waals surface area contributed by atoms with Crippen molar-refractivity contribution in [1.29, 1.82) is 0 Å². The Morgan fingerprint density at radius 1 is 1.58 bits per heavy atom.